The van der Waals surface area contributed by atoms with Gasteiger partial charge in [-0.25, -0.2) is 4.39 Å². The lowest BCUT2D eigenvalue weighted by Gasteiger charge is -2.33. The van der Waals surface area contributed by atoms with Gasteiger partial charge in [-0.15, -0.1) is 11.3 Å². The molecule has 2 aromatic rings. The molecule has 0 bridgehead atoms. The third-order valence-electron chi connectivity index (χ3n) is 4.90. The molecule has 0 amide bonds. The van der Waals surface area contributed by atoms with E-state index in [1.807, 2.05) is 11.3 Å². The summed E-state index contributed by atoms with van der Waals surface area (Å²) in [6, 6.07) is 10.9. The molecule has 3 rings (SSSR count). The van der Waals surface area contributed by atoms with Crippen LogP contribution in [0.25, 0.3) is 0 Å². The molecule has 0 saturated carbocycles. The third kappa shape index (κ3) is 7.24. The minimum Gasteiger partial charge on any atom is -0.494 e. The molecule has 1 aromatic carbocycles. The number of anilines is 1. The van der Waals surface area contributed by atoms with E-state index in [1.165, 1.54) is 17.1 Å². The number of guanidine groups is 1. The van der Waals surface area contributed by atoms with Crippen molar-refractivity contribution in [2.45, 2.75) is 38.6 Å². The van der Waals surface area contributed by atoms with Crippen molar-refractivity contribution in [3.63, 3.8) is 0 Å². The van der Waals surface area contributed by atoms with Gasteiger partial charge in [-0.2, -0.15) is 0 Å². The Kier molecular flexibility index (Phi) is 8.61. The first kappa shape index (κ1) is 21.4. The summed E-state index contributed by atoms with van der Waals surface area (Å²) in [4.78, 5) is 7.18. The van der Waals surface area contributed by atoms with E-state index in [9.17, 15) is 4.39 Å². The SMILES string of the molecule is CCNC(=NCCCCOc1ccc(F)cc1)NC1CCN(c2cccs2)CC1. The summed E-state index contributed by atoms with van der Waals surface area (Å²) in [7, 11) is 0. The standard InChI is InChI=1S/C22H31FN4OS/c1-2-24-22(25-13-3-4-16-28-20-9-7-18(23)8-10-20)26-19-11-14-27(15-12-19)21-6-5-17-29-21/h5-10,17,19H,2-4,11-16H2,1H3,(H2,24,25,26). The fourth-order valence-electron chi connectivity index (χ4n) is 3.33. The van der Waals surface area contributed by atoms with Crippen LogP contribution in [-0.4, -0.2) is 44.8 Å². The van der Waals surface area contributed by atoms with Gasteiger partial charge in [0.1, 0.15) is 11.6 Å². The van der Waals surface area contributed by atoms with E-state index in [2.05, 4.69) is 40.0 Å². The van der Waals surface area contributed by atoms with Crippen LogP contribution in [0.2, 0.25) is 0 Å². The average molecular weight is 419 g/mol. The highest BCUT2D eigenvalue weighted by Crippen LogP contribution is 2.24. The number of benzene rings is 1. The number of nitrogens with zero attached hydrogens (tertiary/aromatic N) is 2. The van der Waals surface area contributed by atoms with Crippen molar-refractivity contribution in [1.29, 1.82) is 0 Å². The fraction of sp³-hybridized carbons (Fsp3) is 0.500. The van der Waals surface area contributed by atoms with Gasteiger partial charge < -0.3 is 20.3 Å². The second-order valence-electron chi connectivity index (χ2n) is 7.13. The molecule has 7 heteroatoms. The Bertz CT molecular complexity index is 728. The van der Waals surface area contributed by atoms with Crippen molar-refractivity contribution < 1.29 is 9.13 Å². The fourth-order valence-corrected chi connectivity index (χ4v) is 4.12. The average Bonchev–Trinajstić information content (AvgIpc) is 3.27. The molecule has 1 aromatic heterocycles. The van der Waals surface area contributed by atoms with Gasteiger partial charge in [0, 0.05) is 32.2 Å². The van der Waals surface area contributed by atoms with Crippen LogP contribution in [0.3, 0.4) is 0 Å². The monoisotopic (exact) mass is 418 g/mol. The number of hydrogen-bond acceptors (Lipinski definition) is 4. The maximum Gasteiger partial charge on any atom is 0.191 e. The first-order chi connectivity index (χ1) is 14.2. The van der Waals surface area contributed by atoms with Crippen LogP contribution in [0.15, 0.2) is 46.8 Å². The molecule has 2 N–H and O–H groups in total. The van der Waals surface area contributed by atoms with E-state index in [0.717, 1.165) is 57.8 Å². The van der Waals surface area contributed by atoms with Crippen molar-refractivity contribution in [1.82, 2.24) is 10.6 Å². The van der Waals surface area contributed by atoms with E-state index in [4.69, 9.17) is 9.73 Å². The molecule has 2 heterocycles. The predicted octanol–water partition coefficient (Wildman–Crippen LogP) is 4.27. The van der Waals surface area contributed by atoms with Gasteiger partial charge in [-0.1, -0.05) is 0 Å². The lowest BCUT2D eigenvalue weighted by atomic mass is 10.1. The molecule has 0 atom stereocenters. The van der Waals surface area contributed by atoms with Gasteiger partial charge in [-0.05, 0) is 74.4 Å². The topological polar surface area (TPSA) is 48.9 Å². The Balaban J connectivity index is 1.34. The first-order valence-electron chi connectivity index (χ1n) is 10.5. The zero-order chi connectivity index (χ0) is 20.3. The number of halogens is 1. The van der Waals surface area contributed by atoms with Crippen LogP contribution >= 0.6 is 11.3 Å². The number of aliphatic imine (C=N–C) groups is 1. The van der Waals surface area contributed by atoms with Crippen LogP contribution in [0.5, 0.6) is 5.75 Å². The Morgan fingerprint density at radius 2 is 2.00 bits per heavy atom. The van der Waals surface area contributed by atoms with Crippen molar-refractivity contribution in [3.05, 3.63) is 47.6 Å². The molecule has 29 heavy (non-hydrogen) atoms. The second kappa shape index (κ2) is 11.7. The van der Waals surface area contributed by atoms with E-state index in [-0.39, 0.29) is 5.82 Å². The molecule has 158 valence electrons. The molecule has 0 radical (unpaired) electrons. The quantitative estimate of drug-likeness (QED) is 0.363. The summed E-state index contributed by atoms with van der Waals surface area (Å²) in [5.74, 6) is 1.37. The molecule has 1 aliphatic rings. The zero-order valence-corrected chi connectivity index (χ0v) is 17.9. The minimum absolute atomic E-state index is 0.243. The van der Waals surface area contributed by atoms with Crippen LogP contribution in [0.4, 0.5) is 9.39 Å². The Morgan fingerprint density at radius 3 is 2.69 bits per heavy atom. The lowest BCUT2D eigenvalue weighted by molar-refractivity contribution is 0.307. The molecule has 1 saturated heterocycles. The predicted molar refractivity (Wildman–Crippen MR) is 120 cm³/mol. The highest BCUT2D eigenvalue weighted by atomic mass is 32.1. The molecule has 0 spiro atoms. The molecule has 1 aliphatic heterocycles. The van der Waals surface area contributed by atoms with Crippen molar-refractivity contribution >= 4 is 22.3 Å². The second-order valence-corrected chi connectivity index (χ2v) is 8.05. The van der Waals surface area contributed by atoms with E-state index in [1.54, 1.807) is 12.1 Å². The number of thiophene rings is 1. The summed E-state index contributed by atoms with van der Waals surface area (Å²) in [5.41, 5.74) is 0. The number of hydrogen-bond donors (Lipinski definition) is 2. The van der Waals surface area contributed by atoms with Gasteiger partial charge in [0.15, 0.2) is 5.96 Å². The van der Waals surface area contributed by atoms with Crippen LogP contribution < -0.4 is 20.3 Å². The van der Waals surface area contributed by atoms with Gasteiger partial charge in [0.05, 0.1) is 11.6 Å². The smallest absolute Gasteiger partial charge is 0.191 e. The van der Waals surface area contributed by atoms with Crippen LogP contribution in [0, 0.1) is 5.82 Å². The maximum absolute atomic E-state index is 12.9. The normalized spacial score (nSPS) is 15.4. The Hall–Kier alpha value is -2.28. The maximum atomic E-state index is 12.9. The highest BCUT2D eigenvalue weighted by Gasteiger charge is 2.20. The summed E-state index contributed by atoms with van der Waals surface area (Å²) < 4.78 is 18.5. The van der Waals surface area contributed by atoms with Crippen LogP contribution in [0.1, 0.15) is 32.6 Å². The summed E-state index contributed by atoms with van der Waals surface area (Å²) in [6.45, 7) is 6.49. The van der Waals surface area contributed by atoms with Crippen molar-refractivity contribution in [2.24, 2.45) is 4.99 Å². The molecule has 5 nitrogen and oxygen atoms in total. The van der Waals surface area contributed by atoms with Crippen molar-refractivity contribution in [2.75, 3.05) is 37.7 Å². The number of piperidine rings is 1. The lowest BCUT2D eigenvalue weighted by Crippen LogP contribution is -2.48. The molecular formula is C22H31FN4OS. The summed E-state index contributed by atoms with van der Waals surface area (Å²) in [5, 5.41) is 10.5. The largest absolute Gasteiger partial charge is 0.494 e. The number of ether oxygens (including phenoxy) is 1. The Morgan fingerprint density at radius 1 is 1.21 bits per heavy atom. The number of unbranched alkanes of at least 4 members (excludes halogenated alkanes) is 1. The van der Waals surface area contributed by atoms with Gasteiger partial charge >= 0.3 is 0 Å². The van der Waals surface area contributed by atoms with E-state index >= 15 is 0 Å². The zero-order valence-electron chi connectivity index (χ0n) is 17.1. The molecule has 0 aliphatic carbocycles. The molecule has 0 unspecified atom stereocenters. The number of rotatable bonds is 9. The molecule has 1 fully saturated rings. The first-order valence-corrected chi connectivity index (χ1v) is 11.3. The van der Waals surface area contributed by atoms with Crippen molar-refractivity contribution in [3.8, 4) is 5.75 Å². The van der Waals surface area contributed by atoms with E-state index < -0.39 is 0 Å². The van der Waals surface area contributed by atoms with Gasteiger partial charge in [0.2, 0.25) is 0 Å². The van der Waals surface area contributed by atoms with Crippen LogP contribution in [-0.2, 0) is 0 Å². The summed E-state index contributed by atoms with van der Waals surface area (Å²) in [6.07, 6.45) is 4.11. The highest BCUT2D eigenvalue weighted by molar-refractivity contribution is 7.14. The third-order valence-corrected chi connectivity index (χ3v) is 5.83. The van der Waals surface area contributed by atoms with E-state index in [0.29, 0.717) is 18.4 Å². The Labute approximate surface area is 177 Å². The van der Waals surface area contributed by atoms with Gasteiger partial charge in [-0.3, -0.25) is 4.99 Å². The minimum atomic E-state index is -0.243. The number of nitrogens with one attached hydrogen (secondary N) is 2. The van der Waals surface area contributed by atoms with Gasteiger partial charge in [0.25, 0.3) is 0 Å². The summed E-state index contributed by atoms with van der Waals surface area (Å²) >= 11 is 1.81. The molecular weight excluding hydrogens is 387 g/mol.